The fourth-order valence-corrected chi connectivity index (χ4v) is 11.2. The zero-order valence-corrected chi connectivity index (χ0v) is 33.0. The number of hydrogen-bond acceptors (Lipinski definition) is 6. The molecule has 0 unspecified atom stereocenters. The molecule has 0 aliphatic heterocycles. The van der Waals surface area contributed by atoms with Crippen LogP contribution >= 0.6 is 15.8 Å². The van der Waals surface area contributed by atoms with Crippen LogP contribution in [-0.4, -0.2) is 38.4 Å². The van der Waals surface area contributed by atoms with Crippen molar-refractivity contribution in [2.45, 2.75) is 12.8 Å². The molecule has 6 nitrogen and oxygen atoms in total. The molecular formula is C48H44O6P2. The molecule has 0 radical (unpaired) electrons. The maximum Gasteiger partial charge on any atom is 0.330 e. The van der Waals surface area contributed by atoms with Crippen LogP contribution < -0.4 is 41.3 Å². The Morgan fingerprint density at radius 1 is 0.429 bits per heavy atom. The highest BCUT2D eigenvalue weighted by atomic mass is 31.1. The van der Waals surface area contributed by atoms with Gasteiger partial charge in [-0.1, -0.05) is 159 Å². The molecule has 0 saturated carbocycles. The van der Waals surface area contributed by atoms with Gasteiger partial charge in [0, 0.05) is 36.1 Å². The minimum absolute atomic E-state index is 0.204. The molecule has 6 aromatic carbocycles. The van der Waals surface area contributed by atoms with Crippen molar-refractivity contribution in [1.82, 2.24) is 0 Å². The van der Waals surface area contributed by atoms with Crippen LogP contribution in [0.15, 0.2) is 183 Å². The van der Waals surface area contributed by atoms with Crippen molar-refractivity contribution in [3.63, 3.8) is 0 Å². The zero-order chi connectivity index (χ0) is 39.0. The van der Waals surface area contributed by atoms with E-state index in [-0.39, 0.29) is 13.2 Å². The largest absolute Gasteiger partial charge is 0.493 e. The van der Waals surface area contributed by atoms with Gasteiger partial charge in [0.25, 0.3) is 0 Å². The Labute approximate surface area is 331 Å². The topological polar surface area (TPSA) is 71.1 Å². The predicted octanol–water partition coefficient (Wildman–Crippen LogP) is 7.87. The fraction of sp³-hybridized carbons (Fsp3) is 0.125. The second kappa shape index (κ2) is 20.8. The SMILES string of the molecule is C=CC(=O)OCCCOc1cccc(P(c2ccccc2)c2ccccc2)c1-c1c(OCCCOC(=O)C=C)cccc1P(c1ccccc1)c1ccccc1. The van der Waals surface area contributed by atoms with Gasteiger partial charge in [-0.3, -0.25) is 0 Å². The van der Waals surface area contributed by atoms with E-state index in [4.69, 9.17) is 18.9 Å². The van der Waals surface area contributed by atoms with E-state index in [1.807, 2.05) is 36.4 Å². The first-order valence-corrected chi connectivity index (χ1v) is 21.2. The molecular weight excluding hydrogens is 734 g/mol. The highest BCUT2D eigenvalue weighted by molar-refractivity contribution is 7.80. The van der Waals surface area contributed by atoms with Crippen LogP contribution in [0, 0.1) is 0 Å². The zero-order valence-electron chi connectivity index (χ0n) is 31.2. The molecule has 0 heterocycles. The van der Waals surface area contributed by atoms with Gasteiger partial charge in [-0.25, -0.2) is 9.59 Å². The lowest BCUT2D eigenvalue weighted by molar-refractivity contribution is -0.138. The van der Waals surface area contributed by atoms with Crippen molar-refractivity contribution in [3.05, 3.63) is 183 Å². The van der Waals surface area contributed by atoms with Crippen LogP contribution in [0.5, 0.6) is 11.5 Å². The van der Waals surface area contributed by atoms with Gasteiger partial charge in [0.1, 0.15) is 11.5 Å². The molecule has 56 heavy (non-hydrogen) atoms. The monoisotopic (exact) mass is 778 g/mol. The molecule has 0 amide bonds. The first kappa shape index (κ1) is 39.9. The van der Waals surface area contributed by atoms with Gasteiger partial charge in [0.05, 0.1) is 26.4 Å². The first-order chi connectivity index (χ1) is 27.6. The van der Waals surface area contributed by atoms with Crippen molar-refractivity contribution in [2.24, 2.45) is 0 Å². The van der Waals surface area contributed by atoms with Crippen molar-refractivity contribution < 1.29 is 28.5 Å². The van der Waals surface area contributed by atoms with Gasteiger partial charge in [-0.2, -0.15) is 0 Å². The molecule has 0 saturated heterocycles. The van der Waals surface area contributed by atoms with Crippen LogP contribution in [0.3, 0.4) is 0 Å². The molecule has 0 atom stereocenters. The lowest BCUT2D eigenvalue weighted by Gasteiger charge is -2.29. The number of esters is 2. The van der Waals surface area contributed by atoms with Gasteiger partial charge >= 0.3 is 11.9 Å². The van der Waals surface area contributed by atoms with Crippen LogP contribution in [-0.2, 0) is 19.1 Å². The Hall–Kier alpha value is -5.80. The Morgan fingerprint density at radius 2 is 0.750 bits per heavy atom. The molecule has 0 aliphatic rings. The summed E-state index contributed by atoms with van der Waals surface area (Å²) in [5, 5.41) is 7.01. The summed E-state index contributed by atoms with van der Waals surface area (Å²) in [6, 6.07) is 55.0. The summed E-state index contributed by atoms with van der Waals surface area (Å²) in [4.78, 5) is 23.6. The van der Waals surface area contributed by atoms with E-state index in [0.29, 0.717) is 37.6 Å². The van der Waals surface area contributed by atoms with Crippen LogP contribution in [0.2, 0.25) is 0 Å². The summed E-state index contributed by atoms with van der Waals surface area (Å²) in [5.74, 6) is 0.471. The van der Waals surface area contributed by atoms with Crippen LogP contribution in [0.1, 0.15) is 12.8 Å². The smallest absolute Gasteiger partial charge is 0.330 e. The summed E-state index contributed by atoms with van der Waals surface area (Å²) in [5.41, 5.74) is 1.88. The number of carbonyl (C=O) groups excluding carboxylic acids is 2. The summed E-state index contributed by atoms with van der Waals surface area (Å²) in [7, 11) is -2.19. The van der Waals surface area contributed by atoms with Crippen LogP contribution in [0.4, 0.5) is 0 Å². The molecule has 0 aliphatic carbocycles. The number of ether oxygens (including phenoxy) is 4. The third-order valence-electron chi connectivity index (χ3n) is 8.71. The van der Waals surface area contributed by atoms with E-state index < -0.39 is 27.8 Å². The lowest BCUT2D eigenvalue weighted by atomic mass is 10.0. The average molecular weight is 779 g/mol. The quantitative estimate of drug-likeness (QED) is 0.0361. The average Bonchev–Trinajstić information content (AvgIpc) is 3.25. The number of benzene rings is 6. The normalized spacial score (nSPS) is 10.8. The fourth-order valence-electron chi connectivity index (χ4n) is 6.26. The third-order valence-corrected chi connectivity index (χ3v) is 13.7. The summed E-state index contributed by atoms with van der Waals surface area (Å²) < 4.78 is 24.0. The van der Waals surface area contributed by atoms with Gasteiger partial charge in [-0.15, -0.1) is 0 Å². The molecule has 282 valence electrons. The number of rotatable bonds is 19. The van der Waals surface area contributed by atoms with Crippen LogP contribution in [0.25, 0.3) is 11.1 Å². The van der Waals surface area contributed by atoms with Crippen molar-refractivity contribution in [1.29, 1.82) is 0 Å². The third kappa shape index (κ3) is 10.3. The van der Waals surface area contributed by atoms with Crippen molar-refractivity contribution >= 4 is 59.6 Å². The maximum absolute atomic E-state index is 11.8. The Kier molecular flexibility index (Phi) is 14.8. The molecule has 6 rings (SSSR count). The highest BCUT2D eigenvalue weighted by Gasteiger charge is 2.30. The second-order valence-electron chi connectivity index (χ2n) is 12.5. The molecule has 0 fully saturated rings. The van der Waals surface area contributed by atoms with E-state index in [2.05, 4.69) is 134 Å². The van der Waals surface area contributed by atoms with Gasteiger partial charge in [0.2, 0.25) is 0 Å². The molecule has 0 N–H and O–H groups in total. The van der Waals surface area contributed by atoms with Crippen molar-refractivity contribution in [2.75, 3.05) is 26.4 Å². The number of carbonyl (C=O) groups is 2. The standard InChI is InChI=1S/C48H44O6P2/c1-3-45(49)53-35-19-33-51-41-29-17-31-43(55(37-21-9-5-10-22-37)38-23-11-6-12-24-38)47(41)48-42(52-34-20-36-54-46(50)4-2)30-18-32-44(48)56(39-25-13-7-14-26-39)40-27-15-8-16-28-40/h3-18,21-32H,1-2,19-20,33-36H2. The van der Waals surface area contributed by atoms with E-state index in [1.165, 1.54) is 21.2 Å². The second-order valence-corrected chi connectivity index (χ2v) is 16.8. The van der Waals surface area contributed by atoms with Gasteiger partial charge in [0.15, 0.2) is 0 Å². The van der Waals surface area contributed by atoms with Gasteiger partial charge < -0.3 is 18.9 Å². The summed E-state index contributed by atoms with van der Waals surface area (Å²) in [6.45, 7) is 8.05. The molecule has 6 aromatic rings. The molecule has 0 bridgehead atoms. The van der Waals surface area contributed by atoms with Crippen molar-refractivity contribution in [3.8, 4) is 22.6 Å². The molecule has 0 spiro atoms. The van der Waals surface area contributed by atoms with E-state index >= 15 is 0 Å². The number of hydrogen-bond donors (Lipinski definition) is 0. The maximum atomic E-state index is 11.8. The molecule has 8 heteroatoms. The van der Waals surface area contributed by atoms with E-state index in [0.717, 1.165) is 33.9 Å². The predicted molar refractivity (Wildman–Crippen MR) is 232 cm³/mol. The highest BCUT2D eigenvalue weighted by Crippen LogP contribution is 2.47. The Bertz CT molecular complexity index is 1960. The lowest BCUT2D eigenvalue weighted by Crippen LogP contribution is -2.26. The van der Waals surface area contributed by atoms with E-state index in [1.54, 1.807) is 0 Å². The summed E-state index contributed by atoms with van der Waals surface area (Å²) >= 11 is 0. The minimum Gasteiger partial charge on any atom is -0.493 e. The molecule has 0 aromatic heterocycles. The Balaban J connectivity index is 1.59. The minimum atomic E-state index is -1.10. The van der Waals surface area contributed by atoms with E-state index in [9.17, 15) is 9.59 Å². The summed E-state index contributed by atoms with van der Waals surface area (Å²) in [6.07, 6.45) is 3.31. The Morgan fingerprint density at radius 3 is 1.05 bits per heavy atom. The first-order valence-electron chi connectivity index (χ1n) is 18.5. The van der Waals surface area contributed by atoms with Gasteiger partial charge in [-0.05, 0) is 59.8 Å².